The topological polar surface area (TPSA) is 18.5 Å². The second-order valence-electron chi connectivity index (χ2n) is 2.91. The van der Waals surface area contributed by atoms with Crippen molar-refractivity contribution < 1.29 is 9.31 Å². The highest BCUT2D eigenvalue weighted by Gasteiger charge is 2.38. The molecule has 0 radical (unpaired) electrons. The first-order valence-electron chi connectivity index (χ1n) is 3.81. The Morgan fingerprint density at radius 2 is 1.60 bits per heavy atom. The summed E-state index contributed by atoms with van der Waals surface area (Å²) in [7, 11) is 0. The van der Waals surface area contributed by atoms with Crippen LogP contribution in [0, 0.1) is 0 Å². The number of hydrogen-bond donors (Lipinski definition) is 0. The summed E-state index contributed by atoms with van der Waals surface area (Å²) < 4.78 is 11.1. The Hall–Kier alpha value is 0.715. The third-order valence-corrected chi connectivity index (χ3v) is 2.79. The molecule has 2 aliphatic rings. The van der Waals surface area contributed by atoms with Crippen LogP contribution in [-0.2, 0) is 9.31 Å². The van der Waals surface area contributed by atoms with Crippen LogP contribution in [0.25, 0.3) is 0 Å². The van der Waals surface area contributed by atoms with E-state index < -0.39 is 0 Å². The Labute approximate surface area is 74.7 Å². The van der Waals surface area contributed by atoms with Gasteiger partial charge in [0.25, 0.3) is 0 Å². The van der Waals surface area contributed by atoms with E-state index in [2.05, 4.69) is 22.4 Å². The molecule has 10 heavy (non-hydrogen) atoms. The summed E-state index contributed by atoms with van der Waals surface area (Å²) in [4.78, 5) is 0.0192. The smallest absolute Gasteiger partial charge is 0.397 e. The fraction of sp³-hybridized carbons (Fsp3) is 1.00. The largest absolute Gasteiger partial charge is 0.532 e. The van der Waals surface area contributed by atoms with E-state index in [1.807, 2.05) is 0 Å². The van der Waals surface area contributed by atoms with Gasteiger partial charge in [-0.25, -0.2) is 0 Å². The minimum absolute atomic E-state index is 0.0192. The molecule has 2 rings (SSSR count). The molecule has 0 aromatic heterocycles. The maximum atomic E-state index is 5.53. The highest BCUT2D eigenvalue weighted by molar-refractivity contribution is 14.1. The summed E-state index contributed by atoms with van der Waals surface area (Å²) in [6.07, 6.45) is 5.85. The standard InChI is InChI=1S/C6H10BIO2/c8-7-9-5-3-1-2-4-6(5)10-7/h5-6H,1-4H2. The average Bonchev–Trinajstić information content (AvgIpc) is 2.27. The van der Waals surface area contributed by atoms with Crippen LogP contribution < -0.4 is 0 Å². The van der Waals surface area contributed by atoms with Crippen LogP contribution in [0.5, 0.6) is 0 Å². The Bertz CT molecular complexity index is 119. The SMILES string of the molecule is IB1OC2CCCCC2O1. The van der Waals surface area contributed by atoms with Gasteiger partial charge in [0, 0.05) is 0 Å². The third-order valence-electron chi connectivity index (χ3n) is 2.21. The van der Waals surface area contributed by atoms with Crippen molar-refractivity contribution in [2.75, 3.05) is 0 Å². The molecule has 0 aromatic rings. The number of halogens is 1. The van der Waals surface area contributed by atoms with Crippen molar-refractivity contribution >= 4 is 27.3 Å². The van der Waals surface area contributed by atoms with Crippen molar-refractivity contribution in [3.05, 3.63) is 0 Å². The summed E-state index contributed by atoms with van der Waals surface area (Å²) in [5.74, 6) is 0. The highest BCUT2D eigenvalue weighted by atomic mass is 127. The molecule has 0 spiro atoms. The van der Waals surface area contributed by atoms with Crippen molar-refractivity contribution in [2.24, 2.45) is 0 Å². The van der Waals surface area contributed by atoms with Crippen molar-refractivity contribution in [3.8, 4) is 0 Å². The van der Waals surface area contributed by atoms with Gasteiger partial charge in [0.2, 0.25) is 0 Å². The molecule has 2 nitrogen and oxygen atoms in total. The molecule has 0 aromatic carbocycles. The van der Waals surface area contributed by atoms with Gasteiger partial charge in [-0.3, -0.25) is 0 Å². The predicted octanol–water partition coefficient (Wildman–Crippen LogP) is 1.76. The van der Waals surface area contributed by atoms with Crippen molar-refractivity contribution in [1.29, 1.82) is 0 Å². The molecule has 0 amide bonds. The predicted molar refractivity (Wildman–Crippen MR) is 48.0 cm³/mol. The van der Waals surface area contributed by atoms with Gasteiger partial charge < -0.3 is 9.31 Å². The van der Waals surface area contributed by atoms with Crippen molar-refractivity contribution in [1.82, 2.24) is 0 Å². The molecule has 56 valence electrons. The lowest BCUT2D eigenvalue weighted by atomic mass is 9.95. The first-order valence-corrected chi connectivity index (χ1v) is 5.06. The molecule has 2 atom stereocenters. The second-order valence-corrected chi connectivity index (χ2v) is 3.92. The first kappa shape index (κ1) is 7.37. The molecule has 1 aliphatic heterocycles. The van der Waals surface area contributed by atoms with Gasteiger partial charge >= 0.3 is 4.97 Å². The van der Waals surface area contributed by atoms with E-state index in [0.29, 0.717) is 12.2 Å². The minimum Gasteiger partial charge on any atom is -0.397 e. The fourth-order valence-corrected chi connectivity index (χ4v) is 2.44. The monoisotopic (exact) mass is 252 g/mol. The molecule has 1 saturated carbocycles. The molecular formula is C6H10BIO2. The van der Waals surface area contributed by atoms with E-state index in [4.69, 9.17) is 9.31 Å². The summed E-state index contributed by atoms with van der Waals surface area (Å²) in [6, 6.07) is 0. The molecule has 1 aliphatic carbocycles. The van der Waals surface area contributed by atoms with Crippen LogP contribution in [0.3, 0.4) is 0 Å². The van der Waals surface area contributed by atoms with E-state index in [0.717, 1.165) is 0 Å². The average molecular weight is 252 g/mol. The van der Waals surface area contributed by atoms with Crippen LogP contribution in [0.1, 0.15) is 25.7 Å². The molecule has 0 bridgehead atoms. The van der Waals surface area contributed by atoms with Gasteiger partial charge in [-0.1, -0.05) is 35.2 Å². The minimum atomic E-state index is 0.0192. The van der Waals surface area contributed by atoms with E-state index in [1.165, 1.54) is 25.7 Å². The first-order chi connectivity index (χ1) is 4.86. The van der Waals surface area contributed by atoms with Crippen LogP contribution in [-0.4, -0.2) is 17.2 Å². The zero-order valence-corrected chi connectivity index (χ0v) is 7.91. The second kappa shape index (κ2) is 2.99. The Kier molecular flexibility index (Phi) is 2.20. The van der Waals surface area contributed by atoms with Crippen LogP contribution in [0.4, 0.5) is 0 Å². The maximum Gasteiger partial charge on any atom is 0.532 e. The maximum absolute atomic E-state index is 5.53. The lowest BCUT2D eigenvalue weighted by molar-refractivity contribution is 0.110. The van der Waals surface area contributed by atoms with Crippen LogP contribution in [0.15, 0.2) is 0 Å². The number of rotatable bonds is 0. The van der Waals surface area contributed by atoms with Gasteiger partial charge in [-0.15, -0.1) is 0 Å². The van der Waals surface area contributed by atoms with E-state index in [9.17, 15) is 0 Å². The molecular weight excluding hydrogens is 242 g/mol. The van der Waals surface area contributed by atoms with Gasteiger partial charge in [-0.2, -0.15) is 0 Å². The van der Waals surface area contributed by atoms with Gasteiger partial charge in [-0.05, 0) is 12.8 Å². The lowest BCUT2D eigenvalue weighted by Crippen LogP contribution is -2.25. The summed E-state index contributed by atoms with van der Waals surface area (Å²) in [5, 5.41) is 0. The van der Waals surface area contributed by atoms with Gasteiger partial charge in [0.1, 0.15) is 0 Å². The third kappa shape index (κ3) is 1.33. The quantitative estimate of drug-likeness (QED) is 0.483. The van der Waals surface area contributed by atoms with Crippen LogP contribution >= 0.6 is 22.4 Å². The number of fused-ring (bicyclic) bond motifs is 1. The summed E-state index contributed by atoms with van der Waals surface area (Å²) in [6.45, 7) is 0. The zero-order chi connectivity index (χ0) is 6.97. The Balaban J connectivity index is 1.97. The Morgan fingerprint density at radius 3 is 2.10 bits per heavy atom. The summed E-state index contributed by atoms with van der Waals surface area (Å²) in [5.41, 5.74) is 0. The molecule has 1 heterocycles. The zero-order valence-electron chi connectivity index (χ0n) is 5.75. The molecule has 1 saturated heterocycles. The van der Waals surface area contributed by atoms with E-state index >= 15 is 0 Å². The molecule has 0 N–H and O–H groups in total. The van der Waals surface area contributed by atoms with E-state index in [1.54, 1.807) is 0 Å². The summed E-state index contributed by atoms with van der Waals surface area (Å²) >= 11 is 2.19. The highest BCUT2D eigenvalue weighted by Crippen LogP contribution is 2.31. The van der Waals surface area contributed by atoms with Gasteiger partial charge in [0.15, 0.2) is 0 Å². The fourth-order valence-electron chi connectivity index (χ4n) is 1.68. The van der Waals surface area contributed by atoms with Crippen molar-refractivity contribution in [3.63, 3.8) is 0 Å². The normalized spacial score (nSPS) is 39.9. The van der Waals surface area contributed by atoms with E-state index in [-0.39, 0.29) is 4.97 Å². The van der Waals surface area contributed by atoms with Gasteiger partial charge in [0.05, 0.1) is 12.2 Å². The van der Waals surface area contributed by atoms with Crippen molar-refractivity contribution in [2.45, 2.75) is 37.9 Å². The molecule has 4 heteroatoms. The molecule has 2 unspecified atom stereocenters. The number of hydrogen-bond acceptors (Lipinski definition) is 2. The lowest BCUT2D eigenvalue weighted by Gasteiger charge is -2.22. The molecule has 2 fully saturated rings. The van der Waals surface area contributed by atoms with Crippen LogP contribution in [0.2, 0.25) is 0 Å². The Morgan fingerprint density at radius 1 is 1.10 bits per heavy atom.